The summed E-state index contributed by atoms with van der Waals surface area (Å²) in [6.45, 7) is 2.19. The Kier molecular flexibility index (Phi) is 2.72. The summed E-state index contributed by atoms with van der Waals surface area (Å²) in [6.07, 6.45) is 4.30. The molecular weight excluding hydrogens is 288 g/mol. The zero-order valence-electron chi connectivity index (χ0n) is 13.5. The molecule has 2 saturated heterocycles. The molecule has 4 heteroatoms. The van der Waals surface area contributed by atoms with Crippen LogP contribution in [0.15, 0.2) is 24.3 Å². The second-order valence-electron chi connectivity index (χ2n) is 7.40. The number of methoxy groups -OCH3 is 1. The lowest BCUT2D eigenvalue weighted by atomic mass is 9.60. The highest BCUT2D eigenvalue weighted by molar-refractivity contribution is 5.91. The predicted octanol–water partition coefficient (Wildman–Crippen LogP) is 2.62. The number of benzene rings is 1. The van der Waals surface area contributed by atoms with Crippen molar-refractivity contribution in [2.45, 2.75) is 37.1 Å². The zero-order valence-corrected chi connectivity index (χ0v) is 13.5. The fraction of sp³-hybridized carbons (Fsp3) is 0.526. The summed E-state index contributed by atoms with van der Waals surface area (Å²) >= 11 is 0. The van der Waals surface area contributed by atoms with Gasteiger partial charge in [-0.2, -0.15) is 0 Å². The molecular formula is C19H22N2O2. The second kappa shape index (κ2) is 4.60. The Balaban J connectivity index is 1.81. The molecule has 2 aromatic rings. The number of fused-ring (bicyclic) bond motifs is 4. The van der Waals surface area contributed by atoms with E-state index in [0.717, 1.165) is 43.6 Å². The van der Waals surface area contributed by atoms with Crippen molar-refractivity contribution in [3.63, 3.8) is 0 Å². The third-order valence-electron chi connectivity index (χ3n) is 6.42. The molecule has 1 unspecified atom stereocenters. The standard InChI is InChI=1S/C19H22N2O2/c1-23-18(22)19-10-12-6-7-16(19)21(11-12)9-8-14-13-4-2-3-5-15(13)20-17(14)19/h2-5,12,16,20H,6-11H2,1H3/t12-,16+,19-/m1/s1. The lowest BCUT2D eigenvalue weighted by molar-refractivity contribution is -0.158. The number of aromatic amines is 1. The Morgan fingerprint density at radius 3 is 3.04 bits per heavy atom. The molecule has 4 atom stereocenters. The molecule has 23 heavy (non-hydrogen) atoms. The molecule has 4 heterocycles. The Bertz CT molecular complexity index is 796. The number of ether oxygens (including phenoxy) is 1. The molecule has 1 saturated carbocycles. The number of hydrogen-bond donors (Lipinski definition) is 1. The Morgan fingerprint density at radius 1 is 1.35 bits per heavy atom. The highest BCUT2D eigenvalue weighted by atomic mass is 16.5. The van der Waals surface area contributed by atoms with E-state index >= 15 is 0 Å². The highest BCUT2D eigenvalue weighted by Crippen LogP contribution is 2.52. The summed E-state index contributed by atoms with van der Waals surface area (Å²) in [7, 11) is 1.54. The van der Waals surface area contributed by atoms with Crippen LogP contribution in [0.1, 0.15) is 30.5 Å². The van der Waals surface area contributed by atoms with Crippen LogP contribution >= 0.6 is 0 Å². The van der Waals surface area contributed by atoms with Crippen LogP contribution in [0.2, 0.25) is 0 Å². The van der Waals surface area contributed by atoms with Gasteiger partial charge in [-0.3, -0.25) is 9.69 Å². The average molecular weight is 310 g/mol. The normalized spacial score (nSPS) is 34.9. The number of carbonyl (C=O) groups is 1. The second-order valence-corrected chi connectivity index (χ2v) is 7.40. The van der Waals surface area contributed by atoms with Crippen LogP contribution in [0.25, 0.3) is 10.9 Å². The van der Waals surface area contributed by atoms with E-state index in [4.69, 9.17) is 4.74 Å². The smallest absolute Gasteiger partial charge is 0.319 e. The molecule has 1 aromatic carbocycles. The topological polar surface area (TPSA) is 45.3 Å². The van der Waals surface area contributed by atoms with Gasteiger partial charge in [0.25, 0.3) is 0 Å². The van der Waals surface area contributed by atoms with E-state index in [1.165, 1.54) is 24.5 Å². The third-order valence-corrected chi connectivity index (χ3v) is 6.42. The van der Waals surface area contributed by atoms with Crippen molar-refractivity contribution < 1.29 is 9.53 Å². The van der Waals surface area contributed by atoms with Crippen molar-refractivity contribution in [2.24, 2.45) is 5.92 Å². The van der Waals surface area contributed by atoms with Crippen LogP contribution < -0.4 is 0 Å². The third kappa shape index (κ3) is 1.62. The van der Waals surface area contributed by atoms with Gasteiger partial charge in [0.15, 0.2) is 0 Å². The molecule has 4 nitrogen and oxygen atoms in total. The first-order chi connectivity index (χ1) is 11.2. The van der Waals surface area contributed by atoms with E-state index in [1.807, 2.05) is 0 Å². The number of hydrogen-bond acceptors (Lipinski definition) is 3. The maximum absolute atomic E-state index is 13.0. The van der Waals surface area contributed by atoms with Gasteiger partial charge in [0, 0.05) is 35.7 Å². The van der Waals surface area contributed by atoms with Crippen molar-refractivity contribution >= 4 is 16.9 Å². The van der Waals surface area contributed by atoms with E-state index in [-0.39, 0.29) is 12.0 Å². The van der Waals surface area contributed by atoms with Gasteiger partial charge in [0.1, 0.15) is 5.41 Å². The zero-order chi connectivity index (χ0) is 15.6. The fourth-order valence-corrected chi connectivity index (χ4v) is 5.56. The molecule has 0 spiro atoms. The summed E-state index contributed by atoms with van der Waals surface area (Å²) in [5.74, 6) is 0.558. The lowest BCUT2D eigenvalue weighted by Crippen LogP contribution is -2.64. The van der Waals surface area contributed by atoms with Gasteiger partial charge in [-0.15, -0.1) is 0 Å². The summed E-state index contributed by atoms with van der Waals surface area (Å²) in [6, 6.07) is 8.73. The van der Waals surface area contributed by atoms with Crippen LogP contribution in [0.5, 0.6) is 0 Å². The molecule has 120 valence electrons. The summed E-state index contributed by atoms with van der Waals surface area (Å²) in [4.78, 5) is 19.2. The minimum Gasteiger partial charge on any atom is -0.468 e. The molecule has 4 bridgehead atoms. The van der Waals surface area contributed by atoms with Crippen LogP contribution in [-0.2, 0) is 21.4 Å². The predicted molar refractivity (Wildman–Crippen MR) is 88.4 cm³/mol. The molecule has 0 radical (unpaired) electrons. The SMILES string of the molecule is COC(=O)[C@]12C[C@H]3CC[C@@H]1N(CCc1c2[nH]c2ccccc12)C3. The quantitative estimate of drug-likeness (QED) is 0.824. The number of para-hydroxylation sites is 1. The van der Waals surface area contributed by atoms with Gasteiger partial charge in [-0.25, -0.2) is 0 Å². The van der Waals surface area contributed by atoms with E-state index in [9.17, 15) is 4.79 Å². The maximum atomic E-state index is 13.0. The number of carbonyl (C=O) groups excluding carboxylic acids is 1. The molecule has 3 aliphatic heterocycles. The molecule has 4 aliphatic rings. The van der Waals surface area contributed by atoms with Crippen molar-refractivity contribution in [3.05, 3.63) is 35.5 Å². The summed E-state index contributed by atoms with van der Waals surface area (Å²) in [5.41, 5.74) is 3.13. The van der Waals surface area contributed by atoms with E-state index in [2.05, 4.69) is 34.1 Å². The van der Waals surface area contributed by atoms with Crippen LogP contribution in [0.4, 0.5) is 0 Å². The van der Waals surface area contributed by atoms with Crippen LogP contribution in [0.3, 0.4) is 0 Å². The Morgan fingerprint density at radius 2 is 2.22 bits per heavy atom. The van der Waals surface area contributed by atoms with Gasteiger partial charge in [0.2, 0.25) is 0 Å². The summed E-state index contributed by atoms with van der Waals surface area (Å²) < 4.78 is 5.34. The highest BCUT2D eigenvalue weighted by Gasteiger charge is 2.59. The largest absolute Gasteiger partial charge is 0.468 e. The van der Waals surface area contributed by atoms with Crippen molar-refractivity contribution in [1.82, 2.24) is 9.88 Å². The Labute approximate surface area is 135 Å². The molecule has 1 N–H and O–H groups in total. The number of nitrogens with zero attached hydrogens (tertiary/aromatic N) is 1. The lowest BCUT2D eigenvalue weighted by Gasteiger charge is -2.54. The van der Waals surface area contributed by atoms with Gasteiger partial charge < -0.3 is 9.72 Å². The molecule has 0 amide bonds. The molecule has 1 aromatic heterocycles. The van der Waals surface area contributed by atoms with Crippen LogP contribution in [-0.4, -0.2) is 42.1 Å². The van der Waals surface area contributed by atoms with E-state index < -0.39 is 5.41 Å². The number of piperidine rings is 2. The number of aromatic nitrogens is 1. The van der Waals surface area contributed by atoms with Crippen molar-refractivity contribution in [2.75, 3.05) is 20.2 Å². The van der Waals surface area contributed by atoms with Gasteiger partial charge in [0.05, 0.1) is 7.11 Å². The number of H-pyrrole nitrogens is 1. The number of rotatable bonds is 1. The van der Waals surface area contributed by atoms with Crippen LogP contribution in [0, 0.1) is 5.92 Å². The maximum Gasteiger partial charge on any atom is 0.319 e. The molecule has 6 rings (SSSR count). The number of nitrogens with one attached hydrogen (secondary N) is 1. The van der Waals surface area contributed by atoms with Gasteiger partial charge >= 0.3 is 5.97 Å². The van der Waals surface area contributed by atoms with Crippen molar-refractivity contribution in [3.8, 4) is 0 Å². The molecule has 3 fully saturated rings. The van der Waals surface area contributed by atoms with Crippen molar-refractivity contribution in [1.29, 1.82) is 0 Å². The minimum atomic E-state index is -0.499. The Hall–Kier alpha value is -1.81. The first-order valence-electron chi connectivity index (χ1n) is 8.66. The van der Waals surface area contributed by atoms with E-state index in [1.54, 1.807) is 0 Å². The first-order valence-corrected chi connectivity index (χ1v) is 8.66. The van der Waals surface area contributed by atoms with Gasteiger partial charge in [-0.05, 0) is 43.2 Å². The fourth-order valence-electron chi connectivity index (χ4n) is 5.56. The average Bonchev–Trinajstić information content (AvgIpc) is 2.94. The first kappa shape index (κ1) is 13.6. The minimum absolute atomic E-state index is 0.0494. The summed E-state index contributed by atoms with van der Waals surface area (Å²) in [5, 5.41) is 1.27. The van der Waals surface area contributed by atoms with E-state index in [0.29, 0.717) is 5.92 Å². The van der Waals surface area contributed by atoms with Gasteiger partial charge in [-0.1, -0.05) is 18.2 Å². The monoisotopic (exact) mass is 310 g/mol. The molecule has 1 aliphatic carbocycles. The number of esters is 1.